The molecule has 0 radical (unpaired) electrons. The second kappa shape index (κ2) is 6.94. The van der Waals surface area contributed by atoms with Gasteiger partial charge in [0.05, 0.1) is 7.11 Å². The van der Waals surface area contributed by atoms with Crippen molar-refractivity contribution < 1.29 is 9.53 Å². The molecule has 3 nitrogen and oxygen atoms in total. The van der Waals surface area contributed by atoms with Gasteiger partial charge < -0.3 is 10.1 Å². The van der Waals surface area contributed by atoms with E-state index in [1.807, 2.05) is 6.07 Å². The first-order chi connectivity index (χ1) is 11.1. The molecule has 0 atom stereocenters. The van der Waals surface area contributed by atoms with Crippen LogP contribution in [0.4, 0.5) is 0 Å². The lowest BCUT2D eigenvalue weighted by Crippen LogP contribution is -2.34. The van der Waals surface area contributed by atoms with E-state index >= 15 is 0 Å². The molecule has 0 aliphatic heterocycles. The van der Waals surface area contributed by atoms with Crippen LogP contribution < -0.4 is 10.1 Å². The van der Waals surface area contributed by atoms with E-state index in [-0.39, 0.29) is 5.41 Å². The smallest absolute Gasteiger partial charge is 0.226 e. The SMILES string of the molecule is COc1ccc(CCNC(=O)C2(CC3CCCC3)CC2)cc1C. The van der Waals surface area contributed by atoms with Gasteiger partial charge in [0.2, 0.25) is 5.91 Å². The molecule has 3 heteroatoms. The van der Waals surface area contributed by atoms with Crippen LogP contribution in [0.2, 0.25) is 0 Å². The summed E-state index contributed by atoms with van der Waals surface area (Å²) in [5.74, 6) is 2.02. The van der Waals surface area contributed by atoms with Crippen LogP contribution in [0.1, 0.15) is 56.1 Å². The minimum absolute atomic E-state index is 0.00910. The van der Waals surface area contributed by atoms with Crippen molar-refractivity contribution in [3.05, 3.63) is 29.3 Å². The topological polar surface area (TPSA) is 38.3 Å². The van der Waals surface area contributed by atoms with Gasteiger partial charge in [0.25, 0.3) is 0 Å². The van der Waals surface area contributed by atoms with Crippen LogP contribution >= 0.6 is 0 Å². The minimum atomic E-state index is -0.00910. The van der Waals surface area contributed by atoms with Gasteiger partial charge in [0.1, 0.15) is 5.75 Å². The van der Waals surface area contributed by atoms with Crippen LogP contribution in [0.5, 0.6) is 5.75 Å². The van der Waals surface area contributed by atoms with E-state index in [0.29, 0.717) is 5.91 Å². The largest absolute Gasteiger partial charge is 0.496 e. The summed E-state index contributed by atoms with van der Waals surface area (Å²) in [6.07, 6.45) is 9.59. The monoisotopic (exact) mass is 315 g/mol. The minimum Gasteiger partial charge on any atom is -0.496 e. The average Bonchev–Trinajstić information content (AvgIpc) is 3.14. The van der Waals surface area contributed by atoms with Crippen molar-refractivity contribution in [2.75, 3.05) is 13.7 Å². The average molecular weight is 315 g/mol. The van der Waals surface area contributed by atoms with Gasteiger partial charge >= 0.3 is 0 Å². The lowest BCUT2D eigenvalue weighted by molar-refractivity contribution is -0.126. The van der Waals surface area contributed by atoms with E-state index in [2.05, 4.69) is 24.4 Å². The van der Waals surface area contributed by atoms with Crippen LogP contribution in [0.3, 0.4) is 0 Å². The van der Waals surface area contributed by atoms with Gasteiger partial charge in [0.15, 0.2) is 0 Å². The van der Waals surface area contributed by atoms with Crippen molar-refractivity contribution in [1.29, 1.82) is 0 Å². The number of rotatable bonds is 7. The lowest BCUT2D eigenvalue weighted by atomic mass is 9.90. The molecular formula is C20H29NO2. The van der Waals surface area contributed by atoms with Crippen molar-refractivity contribution in [2.24, 2.45) is 11.3 Å². The van der Waals surface area contributed by atoms with Crippen LogP contribution in [-0.4, -0.2) is 19.6 Å². The van der Waals surface area contributed by atoms with Crippen molar-refractivity contribution in [1.82, 2.24) is 5.32 Å². The van der Waals surface area contributed by atoms with Crippen LogP contribution in [-0.2, 0) is 11.2 Å². The number of hydrogen-bond donors (Lipinski definition) is 1. The number of carbonyl (C=O) groups excluding carboxylic acids is 1. The molecule has 126 valence electrons. The summed E-state index contributed by atoms with van der Waals surface area (Å²) in [5, 5.41) is 3.19. The number of methoxy groups -OCH3 is 1. The van der Waals surface area contributed by atoms with Gasteiger partial charge in [-0.05, 0) is 55.7 Å². The highest BCUT2D eigenvalue weighted by Gasteiger charge is 2.50. The summed E-state index contributed by atoms with van der Waals surface area (Å²) in [7, 11) is 1.70. The van der Waals surface area contributed by atoms with E-state index < -0.39 is 0 Å². The van der Waals surface area contributed by atoms with Gasteiger partial charge in [-0.25, -0.2) is 0 Å². The molecule has 1 N–H and O–H groups in total. The zero-order chi connectivity index (χ0) is 16.3. The number of ether oxygens (including phenoxy) is 1. The molecule has 0 bridgehead atoms. The Morgan fingerprint density at radius 1 is 1.30 bits per heavy atom. The standard InChI is InChI=1S/C20H29NO2/c1-15-13-16(7-8-18(15)23-2)9-12-21-19(22)20(10-11-20)14-17-5-3-4-6-17/h7-8,13,17H,3-6,9-12,14H2,1-2H3,(H,21,22). The molecule has 2 saturated carbocycles. The second-order valence-corrected chi connectivity index (χ2v) is 7.44. The Hall–Kier alpha value is -1.51. The molecule has 0 aromatic heterocycles. The molecule has 0 heterocycles. The Bertz CT molecular complexity index is 557. The summed E-state index contributed by atoms with van der Waals surface area (Å²) in [5.41, 5.74) is 2.39. The summed E-state index contributed by atoms with van der Waals surface area (Å²) in [6, 6.07) is 6.24. The van der Waals surface area contributed by atoms with Gasteiger partial charge in [-0.15, -0.1) is 0 Å². The molecule has 0 spiro atoms. The maximum Gasteiger partial charge on any atom is 0.226 e. The summed E-state index contributed by atoms with van der Waals surface area (Å²) < 4.78 is 5.29. The Morgan fingerprint density at radius 2 is 2.04 bits per heavy atom. The van der Waals surface area contributed by atoms with Gasteiger partial charge in [-0.3, -0.25) is 4.79 Å². The fourth-order valence-corrected chi connectivity index (χ4v) is 4.05. The van der Waals surface area contributed by atoms with Crippen molar-refractivity contribution >= 4 is 5.91 Å². The maximum atomic E-state index is 12.5. The van der Waals surface area contributed by atoms with Crippen molar-refractivity contribution in [2.45, 2.75) is 58.3 Å². The van der Waals surface area contributed by atoms with Crippen LogP contribution in [0, 0.1) is 18.3 Å². The van der Waals surface area contributed by atoms with Gasteiger partial charge in [-0.2, -0.15) is 0 Å². The molecule has 2 aliphatic rings. The lowest BCUT2D eigenvalue weighted by Gasteiger charge is -2.19. The number of carbonyl (C=O) groups is 1. The molecular weight excluding hydrogens is 286 g/mol. The Labute approximate surface area is 139 Å². The van der Waals surface area contributed by atoms with Gasteiger partial charge in [0, 0.05) is 12.0 Å². The fraction of sp³-hybridized carbons (Fsp3) is 0.650. The predicted molar refractivity (Wildman–Crippen MR) is 92.7 cm³/mol. The molecule has 2 aliphatic carbocycles. The third-order valence-electron chi connectivity index (χ3n) is 5.65. The summed E-state index contributed by atoms with van der Waals surface area (Å²) >= 11 is 0. The summed E-state index contributed by atoms with van der Waals surface area (Å²) in [4.78, 5) is 12.5. The highest BCUT2D eigenvalue weighted by molar-refractivity contribution is 5.85. The first-order valence-electron chi connectivity index (χ1n) is 9.05. The van der Waals surface area contributed by atoms with Crippen LogP contribution in [0.25, 0.3) is 0 Å². The Morgan fingerprint density at radius 3 is 2.65 bits per heavy atom. The molecule has 23 heavy (non-hydrogen) atoms. The molecule has 2 fully saturated rings. The first kappa shape index (κ1) is 16.4. The number of aryl methyl sites for hydroxylation is 1. The highest BCUT2D eigenvalue weighted by Crippen LogP contribution is 2.53. The fourth-order valence-electron chi connectivity index (χ4n) is 4.05. The maximum absolute atomic E-state index is 12.5. The zero-order valence-corrected chi connectivity index (χ0v) is 14.5. The molecule has 3 rings (SSSR count). The van der Waals surface area contributed by atoms with E-state index in [1.54, 1.807) is 7.11 Å². The quantitative estimate of drug-likeness (QED) is 0.825. The van der Waals surface area contributed by atoms with Crippen molar-refractivity contribution in [3.63, 3.8) is 0 Å². The normalized spacial score (nSPS) is 19.6. The number of nitrogens with one attached hydrogen (secondary N) is 1. The highest BCUT2D eigenvalue weighted by atomic mass is 16.5. The summed E-state index contributed by atoms with van der Waals surface area (Å²) in [6.45, 7) is 2.79. The predicted octanol–water partition coefficient (Wildman–Crippen LogP) is 4.02. The number of benzene rings is 1. The second-order valence-electron chi connectivity index (χ2n) is 7.44. The molecule has 1 aromatic carbocycles. The van der Waals surface area contributed by atoms with E-state index in [4.69, 9.17) is 4.74 Å². The third kappa shape index (κ3) is 3.88. The van der Waals surface area contributed by atoms with Crippen molar-refractivity contribution in [3.8, 4) is 5.75 Å². The van der Waals surface area contributed by atoms with E-state index in [9.17, 15) is 4.79 Å². The first-order valence-corrected chi connectivity index (χ1v) is 9.05. The Kier molecular flexibility index (Phi) is 4.93. The molecule has 1 aromatic rings. The molecule has 0 unspecified atom stereocenters. The zero-order valence-electron chi connectivity index (χ0n) is 14.5. The van der Waals surface area contributed by atoms with Gasteiger partial charge in [-0.1, -0.05) is 37.8 Å². The number of hydrogen-bond acceptors (Lipinski definition) is 2. The number of amides is 1. The van der Waals surface area contributed by atoms with E-state index in [1.165, 1.54) is 31.2 Å². The van der Waals surface area contributed by atoms with E-state index in [0.717, 1.165) is 49.5 Å². The third-order valence-corrected chi connectivity index (χ3v) is 5.65. The molecule has 0 saturated heterocycles. The Balaban J connectivity index is 1.46. The molecule has 1 amide bonds. The van der Waals surface area contributed by atoms with Crippen LogP contribution in [0.15, 0.2) is 18.2 Å².